The highest BCUT2D eigenvalue weighted by Gasteiger charge is 2.59. The SMILES string of the molecule is CC(F)(F)c1ncc(N2CC3(CC(C4(O)CCOc5ccncc54)C3)C2)cc1Cl. The lowest BCUT2D eigenvalue weighted by molar-refractivity contribution is -0.137. The van der Waals surface area contributed by atoms with Gasteiger partial charge < -0.3 is 14.7 Å². The largest absolute Gasteiger partial charge is 0.493 e. The molecule has 1 aliphatic carbocycles. The van der Waals surface area contributed by atoms with Gasteiger partial charge in [0.25, 0.3) is 5.92 Å². The fourth-order valence-corrected chi connectivity index (χ4v) is 5.49. The normalized spacial score (nSPS) is 25.8. The Balaban J connectivity index is 1.26. The molecule has 3 aliphatic rings. The first-order valence-corrected chi connectivity index (χ1v) is 10.2. The second-order valence-corrected chi connectivity index (χ2v) is 9.18. The van der Waals surface area contributed by atoms with E-state index in [0.29, 0.717) is 13.0 Å². The molecule has 1 atom stereocenters. The number of aromatic nitrogens is 2. The van der Waals surface area contributed by atoms with Crippen LogP contribution in [-0.2, 0) is 11.5 Å². The molecule has 0 radical (unpaired) electrons. The van der Waals surface area contributed by atoms with E-state index in [1.165, 1.54) is 6.20 Å². The third-order valence-electron chi connectivity index (χ3n) is 6.68. The molecule has 1 N–H and O–H groups in total. The highest BCUT2D eigenvalue weighted by molar-refractivity contribution is 6.31. The Hall–Kier alpha value is -1.99. The van der Waals surface area contributed by atoms with E-state index in [2.05, 4.69) is 14.9 Å². The zero-order valence-electron chi connectivity index (χ0n) is 16.0. The van der Waals surface area contributed by atoms with Crippen LogP contribution in [0.2, 0.25) is 5.02 Å². The lowest BCUT2D eigenvalue weighted by Crippen LogP contribution is -2.65. The molecule has 1 unspecified atom stereocenters. The van der Waals surface area contributed by atoms with Gasteiger partial charge >= 0.3 is 0 Å². The third-order valence-corrected chi connectivity index (χ3v) is 6.97. The van der Waals surface area contributed by atoms with Crippen LogP contribution in [0.15, 0.2) is 30.7 Å². The fraction of sp³-hybridized carbons (Fsp3) is 0.524. The maximum atomic E-state index is 13.5. The van der Waals surface area contributed by atoms with Crippen LogP contribution in [0.5, 0.6) is 5.75 Å². The molecule has 2 fully saturated rings. The molecule has 29 heavy (non-hydrogen) atoms. The molecular formula is C21H22ClF2N3O2. The predicted octanol–water partition coefficient (Wildman–Crippen LogP) is 4.13. The highest BCUT2D eigenvalue weighted by atomic mass is 35.5. The van der Waals surface area contributed by atoms with Crippen molar-refractivity contribution in [2.24, 2.45) is 11.3 Å². The smallest absolute Gasteiger partial charge is 0.288 e. The molecule has 1 spiro atoms. The summed E-state index contributed by atoms with van der Waals surface area (Å²) in [6.07, 6.45) is 7.26. The molecule has 154 valence electrons. The van der Waals surface area contributed by atoms with Crippen LogP contribution in [-0.4, -0.2) is 34.8 Å². The van der Waals surface area contributed by atoms with Crippen LogP contribution in [0, 0.1) is 11.3 Å². The summed E-state index contributed by atoms with van der Waals surface area (Å²) in [6, 6.07) is 3.37. The zero-order chi connectivity index (χ0) is 20.4. The van der Waals surface area contributed by atoms with Gasteiger partial charge in [-0.05, 0) is 30.9 Å². The number of rotatable bonds is 3. The Morgan fingerprint density at radius 3 is 2.76 bits per heavy atom. The van der Waals surface area contributed by atoms with E-state index in [9.17, 15) is 13.9 Å². The van der Waals surface area contributed by atoms with Crippen molar-refractivity contribution < 1.29 is 18.6 Å². The van der Waals surface area contributed by atoms with E-state index < -0.39 is 17.2 Å². The number of hydrogen-bond acceptors (Lipinski definition) is 5. The van der Waals surface area contributed by atoms with Gasteiger partial charge in [0, 0.05) is 49.8 Å². The second kappa shape index (κ2) is 6.25. The van der Waals surface area contributed by atoms with Crippen molar-refractivity contribution in [1.82, 2.24) is 9.97 Å². The Morgan fingerprint density at radius 2 is 2.07 bits per heavy atom. The Bertz CT molecular complexity index is 953. The molecule has 0 bridgehead atoms. The van der Waals surface area contributed by atoms with Crippen molar-refractivity contribution in [2.45, 2.75) is 37.7 Å². The standard InChI is InChI=1S/C21H22ClF2N3O2/c1-19(23,24)18-16(22)6-14(9-26-18)27-11-20(12-27)7-13(8-20)21(28)3-5-29-17-2-4-25-10-15(17)21/h2,4,6,9-10,13,28H,3,5,7-8,11-12H2,1H3. The number of hydrogen-bond donors (Lipinski definition) is 1. The molecule has 1 saturated carbocycles. The van der Waals surface area contributed by atoms with Gasteiger partial charge in [-0.15, -0.1) is 0 Å². The lowest BCUT2D eigenvalue weighted by atomic mass is 9.52. The number of anilines is 1. The van der Waals surface area contributed by atoms with Crippen LogP contribution < -0.4 is 9.64 Å². The Labute approximate surface area is 172 Å². The minimum Gasteiger partial charge on any atom is -0.493 e. The molecule has 2 aromatic rings. The third kappa shape index (κ3) is 2.97. The molecule has 5 nitrogen and oxygen atoms in total. The zero-order valence-corrected chi connectivity index (χ0v) is 16.8. The summed E-state index contributed by atoms with van der Waals surface area (Å²) in [5.41, 5.74) is 0.412. The number of halogens is 3. The monoisotopic (exact) mass is 421 g/mol. The van der Waals surface area contributed by atoms with Crippen molar-refractivity contribution in [3.05, 3.63) is 47.0 Å². The Morgan fingerprint density at radius 1 is 1.31 bits per heavy atom. The summed E-state index contributed by atoms with van der Waals surface area (Å²) in [4.78, 5) is 10.2. The summed E-state index contributed by atoms with van der Waals surface area (Å²) in [5.74, 6) is -2.17. The van der Waals surface area contributed by atoms with Gasteiger partial charge in [-0.1, -0.05) is 11.6 Å². The maximum Gasteiger partial charge on any atom is 0.288 e. The van der Waals surface area contributed by atoms with Crippen molar-refractivity contribution in [3.63, 3.8) is 0 Å². The number of alkyl halides is 2. The number of pyridine rings is 2. The highest BCUT2D eigenvalue weighted by Crippen LogP contribution is 2.60. The van der Waals surface area contributed by atoms with E-state index >= 15 is 0 Å². The molecule has 8 heteroatoms. The molecule has 1 saturated heterocycles. The van der Waals surface area contributed by atoms with E-state index in [0.717, 1.165) is 49.9 Å². The number of aliphatic hydroxyl groups is 1. The van der Waals surface area contributed by atoms with Crippen molar-refractivity contribution >= 4 is 17.3 Å². The van der Waals surface area contributed by atoms with Crippen molar-refractivity contribution in [1.29, 1.82) is 0 Å². The van der Waals surface area contributed by atoms with Crippen LogP contribution in [0.25, 0.3) is 0 Å². The Kier molecular flexibility index (Phi) is 4.10. The van der Waals surface area contributed by atoms with Gasteiger partial charge in [-0.2, -0.15) is 8.78 Å². The molecular weight excluding hydrogens is 400 g/mol. The van der Waals surface area contributed by atoms with Gasteiger partial charge in [0.2, 0.25) is 0 Å². The fourth-order valence-electron chi connectivity index (χ4n) is 5.16. The van der Waals surface area contributed by atoms with Gasteiger partial charge in [-0.25, -0.2) is 0 Å². The second-order valence-electron chi connectivity index (χ2n) is 8.77. The average Bonchev–Trinajstić information content (AvgIpc) is 2.59. The first-order valence-electron chi connectivity index (χ1n) is 9.79. The maximum absolute atomic E-state index is 13.5. The summed E-state index contributed by atoms with van der Waals surface area (Å²) in [5, 5.41) is 11.4. The van der Waals surface area contributed by atoms with E-state index in [4.69, 9.17) is 16.3 Å². The van der Waals surface area contributed by atoms with Crippen molar-refractivity contribution in [3.8, 4) is 5.75 Å². The van der Waals surface area contributed by atoms with Crippen LogP contribution in [0.3, 0.4) is 0 Å². The van der Waals surface area contributed by atoms with Crippen LogP contribution in [0.1, 0.15) is 37.4 Å². The predicted molar refractivity (Wildman–Crippen MR) is 104 cm³/mol. The first-order chi connectivity index (χ1) is 13.7. The minimum absolute atomic E-state index is 0.0111. The molecule has 2 aliphatic heterocycles. The average molecular weight is 422 g/mol. The van der Waals surface area contributed by atoms with Gasteiger partial charge in [0.05, 0.1) is 23.5 Å². The van der Waals surface area contributed by atoms with Crippen LogP contribution >= 0.6 is 11.6 Å². The minimum atomic E-state index is -3.06. The molecule has 0 aromatic carbocycles. The quantitative estimate of drug-likeness (QED) is 0.807. The number of ether oxygens (including phenoxy) is 1. The summed E-state index contributed by atoms with van der Waals surface area (Å²) in [6.45, 7) is 2.93. The van der Waals surface area contributed by atoms with E-state index in [-0.39, 0.29) is 16.4 Å². The van der Waals surface area contributed by atoms with E-state index in [1.807, 2.05) is 0 Å². The van der Waals surface area contributed by atoms with E-state index in [1.54, 1.807) is 24.5 Å². The number of fused-ring (bicyclic) bond motifs is 1. The first kappa shape index (κ1) is 19.0. The molecule has 5 rings (SSSR count). The van der Waals surface area contributed by atoms with Crippen LogP contribution in [0.4, 0.5) is 14.5 Å². The summed E-state index contributed by atoms with van der Waals surface area (Å²) >= 11 is 6.03. The summed E-state index contributed by atoms with van der Waals surface area (Å²) < 4.78 is 32.7. The van der Waals surface area contributed by atoms with Crippen molar-refractivity contribution in [2.75, 3.05) is 24.6 Å². The topological polar surface area (TPSA) is 58.5 Å². The summed E-state index contributed by atoms with van der Waals surface area (Å²) in [7, 11) is 0. The van der Waals surface area contributed by atoms with Gasteiger partial charge in [0.15, 0.2) is 0 Å². The lowest BCUT2D eigenvalue weighted by Gasteiger charge is -2.63. The molecule has 2 aromatic heterocycles. The van der Waals surface area contributed by atoms with Gasteiger partial charge in [0.1, 0.15) is 17.0 Å². The molecule has 4 heterocycles. The molecule has 0 amide bonds. The number of nitrogens with zero attached hydrogens (tertiary/aromatic N) is 3. The van der Waals surface area contributed by atoms with Gasteiger partial charge in [-0.3, -0.25) is 9.97 Å².